The van der Waals surface area contributed by atoms with E-state index in [0.29, 0.717) is 0 Å². The van der Waals surface area contributed by atoms with Crippen LogP contribution >= 0.6 is 0 Å². The Labute approximate surface area is 130 Å². The Bertz CT molecular complexity index is 995. The molecule has 0 radical (unpaired) electrons. The van der Waals surface area contributed by atoms with Crippen LogP contribution in [0.1, 0.15) is 5.56 Å². The Hall–Kier alpha value is -2.75. The van der Waals surface area contributed by atoms with E-state index in [9.17, 15) is 13.2 Å². The maximum absolute atomic E-state index is 12.7. The fraction of sp³-hybridized carbons (Fsp3) is 0.0526. The standard InChI is InChI=1S/C19H12F3N/c20-19(21,22)15-9-7-13(8-10-15)16-12-14-4-1-2-5-17(14)23-11-3-6-18(16)23/h1-12H. The summed E-state index contributed by atoms with van der Waals surface area (Å²) < 4.78 is 40.2. The van der Waals surface area contributed by atoms with Gasteiger partial charge in [0.25, 0.3) is 0 Å². The minimum absolute atomic E-state index is 0.631. The van der Waals surface area contributed by atoms with E-state index in [1.54, 1.807) is 0 Å². The first-order chi connectivity index (χ1) is 11.0. The molecule has 23 heavy (non-hydrogen) atoms. The van der Waals surface area contributed by atoms with Gasteiger partial charge in [0.1, 0.15) is 0 Å². The van der Waals surface area contributed by atoms with E-state index in [-0.39, 0.29) is 0 Å². The maximum Gasteiger partial charge on any atom is 0.416 e. The molecular weight excluding hydrogens is 299 g/mol. The number of fused-ring (bicyclic) bond motifs is 3. The Kier molecular flexibility index (Phi) is 2.94. The van der Waals surface area contributed by atoms with E-state index in [2.05, 4.69) is 4.40 Å². The lowest BCUT2D eigenvalue weighted by atomic mass is 10.0. The van der Waals surface area contributed by atoms with Crippen molar-refractivity contribution in [1.82, 2.24) is 4.40 Å². The summed E-state index contributed by atoms with van der Waals surface area (Å²) in [6.07, 6.45) is -2.35. The van der Waals surface area contributed by atoms with Crippen molar-refractivity contribution in [2.45, 2.75) is 6.18 Å². The van der Waals surface area contributed by atoms with Gasteiger partial charge in [0.05, 0.1) is 16.6 Å². The monoisotopic (exact) mass is 311 g/mol. The molecule has 2 aromatic heterocycles. The van der Waals surface area contributed by atoms with Gasteiger partial charge in [0.2, 0.25) is 0 Å². The second-order valence-corrected chi connectivity index (χ2v) is 5.46. The van der Waals surface area contributed by atoms with Gasteiger partial charge in [-0.15, -0.1) is 0 Å². The Balaban J connectivity index is 1.95. The zero-order valence-electron chi connectivity index (χ0n) is 12.0. The van der Waals surface area contributed by atoms with E-state index < -0.39 is 11.7 Å². The van der Waals surface area contributed by atoms with E-state index in [1.807, 2.05) is 48.7 Å². The van der Waals surface area contributed by atoms with Gasteiger partial charge in [-0.05, 0) is 47.3 Å². The van der Waals surface area contributed by atoms with Crippen LogP contribution in [0.2, 0.25) is 0 Å². The van der Waals surface area contributed by atoms with Gasteiger partial charge in [0, 0.05) is 11.8 Å². The first-order valence-corrected chi connectivity index (χ1v) is 7.20. The average Bonchev–Trinajstić information content (AvgIpc) is 3.03. The molecule has 2 aromatic carbocycles. The van der Waals surface area contributed by atoms with Gasteiger partial charge >= 0.3 is 6.18 Å². The van der Waals surface area contributed by atoms with Crippen LogP contribution in [-0.2, 0) is 6.18 Å². The second kappa shape index (κ2) is 4.88. The molecule has 0 atom stereocenters. The highest BCUT2D eigenvalue weighted by molar-refractivity contribution is 5.93. The summed E-state index contributed by atoms with van der Waals surface area (Å²) in [6, 6.07) is 19.2. The van der Waals surface area contributed by atoms with Gasteiger partial charge in [-0.25, -0.2) is 0 Å². The molecule has 0 N–H and O–H groups in total. The number of hydrogen-bond donors (Lipinski definition) is 0. The molecular formula is C19H12F3N. The summed E-state index contributed by atoms with van der Waals surface area (Å²) in [7, 11) is 0. The van der Waals surface area contributed by atoms with E-state index >= 15 is 0 Å². The van der Waals surface area contributed by atoms with Crippen molar-refractivity contribution < 1.29 is 13.2 Å². The summed E-state index contributed by atoms with van der Waals surface area (Å²) in [5.41, 5.74) is 3.11. The highest BCUT2D eigenvalue weighted by atomic mass is 19.4. The quantitative estimate of drug-likeness (QED) is 0.420. The molecule has 114 valence electrons. The average molecular weight is 311 g/mol. The molecule has 4 rings (SSSR count). The lowest BCUT2D eigenvalue weighted by Gasteiger charge is -2.11. The number of aromatic nitrogens is 1. The number of hydrogen-bond acceptors (Lipinski definition) is 0. The van der Waals surface area contributed by atoms with Crippen LogP contribution < -0.4 is 0 Å². The molecule has 0 bridgehead atoms. The van der Waals surface area contributed by atoms with Gasteiger partial charge < -0.3 is 4.40 Å². The van der Waals surface area contributed by atoms with Gasteiger partial charge in [-0.2, -0.15) is 13.2 Å². The Morgan fingerprint density at radius 1 is 0.739 bits per heavy atom. The van der Waals surface area contributed by atoms with Crippen LogP contribution in [0.4, 0.5) is 13.2 Å². The predicted octanol–water partition coefficient (Wildman–Crippen LogP) is 5.78. The normalized spacial score (nSPS) is 12.1. The number of pyridine rings is 1. The molecule has 0 saturated carbocycles. The summed E-state index contributed by atoms with van der Waals surface area (Å²) in [5.74, 6) is 0. The van der Waals surface area contributed by atoms with Crippen LogP contribution in [0.5, 0.6) is 0 Å². The van der Waals surface area contributed by atoms with Crippen LogP contribution in [0, 0.1) is 0 Å². The predicted molar refractivity (Wildman–Crippen MR) is 85.3 cm³/mol. The summed E-state index contributed by atoms with van der Waals surface area (Å²) in [4.78, 5) is 0. The summed E-state index contributed by atoms with van der Waals surface area (Å²) in [5, 5.41) is 1.05. The van der Waals surface area contributed by atoms with Crippen LogP contribution in [-0.4, -0.2) is 4.40 Å². The third-order valence-corrected chi connectivity index (χ3v) is 4.04. The number of halogens is 3. The van der Waals surface area contributed by atoms with Crippen LogP contribution in [0.3, 0.4) is 0 Å². The minimum Gasteiger partial charge on any atom is -0.316 e. The second-order valence-electron chi connectivity index (χ2n) is 5.46. The minimum atomic E-state index is -4.31. The van der Waals surface area contributed by atoms with Crippen molar-refractivity contribution in [1.29, 1.82) is 0 Å². The SMILES string of the molecule is FC(F)(F)c1ccc(-c2cc3ccccc3n3cccc23)cc1. The fourth-order valence-electron chi connectivity index (χ4n) is 2.94. The molecule has 4 aromatic rings. The molecule has 0 spiro atoms. The van der Waals surface area contributed by atoms with Crippen molar-refractivity contribution in [2.24, 2.45) is 0 Å². The number of nitrogens with zero attached hydrogens (tertiary/aromatic N) is 1. The smallest absolute Gasteiger partial charge is 0.316 e. The highest BCUT2D eigenvalue weighted by Gasteiger charge is 2.30. The van der Waals surface area contributed by atoms with Crippen molar-refractivity contribution in [2.75, 3.05) is 0 Å². The summed E-state index contributed by atoms with van der Waals surface area (Å²) >= 11 is 0. The Morgan fingerprint density at radius 3 is 2.17 bits per heavy atom. The largest absolute Gasteiger partial charge is 0.416 e. The van der Waals surface area contributed by atoms with Crippen molar-refractivity contribution in [3.63, 3.8) is 0 Å². The van der Waals surface area contributed by atoms with Crippen molar-refractivity contribution >= 4 is 16.4 Å². The topological polar surface area (TPSA) is 4.41 Å². The summed E-state index contributed by atoms with van der Waals surface area (Å²) in [6.45, 7) is 0. The van der Waals surface area contributed by atoms with Gasteiger partial charge in [0.15, 0.2) is 0 Å². The molecule has 1 nitrogen and oxygen atoms in total. The van der Waals surface area contributed by atoms with Crippen molar-refractivity contribution in [3.05, 3.63) is 78.5 Å². The maximum atomic E-state index is 12.7. The molecule has 0 aliphatic rings. The first kappa shape index (κ1) is 13.9. The molecule has 2 heterocycles. The zero-order chi connectivity index (χ0) is 16.0. The van der Waals surface area contributed by atoms with Gasteiger partial charge in [-0.1, -0.05) is 30.3 Å². The third-order valence-electron chi connectivity index (χ3n) is 4.04. The lowest BCUT2D eigenvalue weighted by Crippen LogP contribution is -2.04. The molecule has 4 heteroatoms. The molecule has 0 fully saturated rings. The molecule has 0 amide bonds. The zero-order valence-corrected chi connectivity index (χ0v) is 12.0. The Morgan fingerprint density at radius 2 is 1.43 bits per heavy atom. The highest BCUT2D eigenvalue weighted by Crippen LogP contribution is 2.33. The van der Waals surface area contributed by atoms with E-state index in [0.717, 1.165) is 39.7 Å². The van der Waals surface area contributed by atoms with Crippen LogP contribution in [0.25, 0.3) is 27.5 Å². The molecule has 0 unspecified atom stereocenters. The van der Waals surface area contributed by atoms with E-state index in [1.165, 1.54) is 12.1 Å². The van der Waals surface area contributed by atoms with Crippen molar-refractivity contribution in [3.8, 4) is 11.1 Å². The van der Waals surface area contributed by atoms with Gasteiger partial charge in [-0.3, -0.25) is 0 Å². The number of para-hydroxylation sites is 1. The van der Waals surface area contributed by atoms with E-state index in [4.69, 9.17) is 0 Å². The first-order valence-electron chi connectivity index (χ1n) is 7.20. The molecule has 0 aliphatic carbocycles. The number of alkyl halides is 3. The fourth-order valence-corrected chi connectivity index (χ4v) is 2.94. The third kappa shape index (κ3) is 2.27. The van der Waals surface area contributed by atoms with Crippen LogP contribution in [0.15, 0.2) is 72.9 Å². The lowest BCUT2D eigenvalue weighted by molar-refractivity contribution is -0.137. The molecule has 0 aliphatic heterocycles. The number of rotatable bonds is 1. The number of benzene rings is 2. The molecule has 0 saturated heterocycles.